The van der Waals surface area contributed by atoms with E-state index in [2.05, 4.69) is 77.1 Å². The van der Waals surface area contributed by atoms with E-state index >= 15 is 0 Å². The molecule has 3 aliphatic rings. The topological polar surface area (TPSA) is 205 Å². The van der Waals surface area contributed by atoms with Crippen molar-refractivity contribution in [2.45, 2.75) is 38.9 Å². The van der Waals surface area contributed by atoms with Gasteiger partial charge in [-0.1, -0.05) is 30.9 Å². The summed E-state index contributed by atoms with van der Waals surface area (Å²) in [6.45, 7) is 18.7. The number of carbonyl (C=O) groups excluding carboxylic acids is 1. The Kier molecular flexibility index (Phi) is 19.3. The van der Waals surface area contributed by atoms with Crippen LogP contribution in [0.5, 0.6) is 0 Å². The molecular weight excluding hydrogens is 855 g/mol. The smallest absolute Gasteiger partial charge is 0.225 e. The number of pyridine rings is 1. The third-order valence-corrected chi connectivity index (χ3v) is 11.9. The molecule has 3 aliphatic heterocycles. The Morgan fingerprint density at radius 1 is 0.821 bits per heavy atom. The maximum absolute atomic E-state index is 10.1. The zero-order valence-electron chi connectivity index (χ0n) is 39.2. The molecule has 0 amide bonds. The fourth-order valence-corrected chi connectivity index (χ4v) is 8.19. The van der Waals surface area contributed by atoms with E-state index in [1.165, 1.54) is 34.3 Å². The Balaban J connectivity index is 0.000000199. The number of fused-ring (bicyclic) bond motifs is 3. The summed E-state index contributed by atoms with van der Waals surface area (Å²) in [6, 6.07) is 8.70. The Hall–Kier alpha value is -5.51. The molecule has 0 spiro atoms. The summed E-state index contributed by atoms with van der Waals surface area (Å²) >= 11 is 0. The monoisotopic (exact) mass is 922 g/mol. The number of nitrogens with zero attached hydrogens (tertiary/aromatic N) is 10. The van der Waals surface area contributed by atoms with Crippen molar-refractivity contribution < 1.29 is 28.5 Å². The van der Waals surface area contributed by atoms with Gasteiger partial charge in [0.25, 0.3) is 0 Å². The van der Waals surface area contributed by atoms with Crippen molar-refractivity contribution in [3.63, 3.8) is 0 Å². The van der Waals surface area contributed by atoms with Crippen LogP contribution in [0.2, 0.25) is 0 Å². The summed E-state index contributed by atoms with van der Waals surface area (Å²) in [5.41, 5.74) is 15.9. The number of carbonyl (C=O) groups is 1. The molecule has 4 aromatic heterocycles. The van der Waals surface area contributed by atoms with E-state index in [-0.39, 0.29) is 0 Å². The van der Waals surface area contributed by atoms with Gasteiger partial charge in [0, 0.05) is 108 Å². The number of rotatable bonds is 24. The molecule has 360 valence electrons. The lowest BCUT2D eigenvalue weighted by atomic mass is 9.97. The molecule has 5 aromatic rings. The molecule has 1 saturated heterocycles. The number of ether oxygens (including phenoxy) is 5. The highest BCUT2D eigenvalue weighted by Gasteiger charge is 2.22. The van der Waals surface area contributed by atoms with Crippen molar-refractivity contribution in [3.05, 3.63) is 83.1 Å². The van der Waals surface area contributed by atoms with Crippen molar-refractivity contribution >= 4 is 41.0 Å². The molecule has 67 heavy (non-hydrogen) atoms. The summed E-state index contributed by atoms with van der Waals surface area (Å²) in [7, 11) is 4.00. The van der Waals surface area contributed by atoms with Gasteiger partial charge in [0.1, 0.15) is 29.9 Å². The predicted molar refractivity (Wildman–Crippen MR) is 259 cm³/mol. The first-order valence-corrected chi connectivity index (χ1v) is 23.4. The number of aromatic nitrogens is 7. The first-order chi connectivity index (χ1) is 32.9. The van der Waals surface area contributed by atoms with Gasteiger partial charge in [0.05, 0.1) is 83.7 Å². The maximum atomic E-state index is 10.1. The van der Waals surface area contributed by atoms with E-state index in [4.69, 9.17) is 39.5 Å². The maximum Gasteiger partial charge on any atom is 0.225 e. The van der Waals surface area contributed by atoms with Crippen LogP contribution >= 0.6 is 0 Å². The van der Waals surface area contributed by atoms with E-state index in [0.717, 1.165) is 112 Å². The fourth-order valence-electron chi connectivity index (χ4n) is 8.19. The average molecular weight is 922 g/mol. The molecule has 7 heterocycles. The Morgan fingerprint density at radius 3 is 2.27 bits per heavy atom. The Morgan fingerprint density at radius 2 is 1.55 bits per heavy atom. The van der Waals surface area contributed by atoms with Crippen molar-refractivity contribution in [2.75, 3.05) is 142 Å². The molecule has 4 N–H and O–H groups in total. The van der Waals surface area contributed by atoms with Gasteiger partial charge in [-0.25, -0.2) is 29.6 Å². The number of nitrogens with one attached hydrogen (secondary N) is 2. The van der Waals surface area contributed by atoms with Crippen LogP contribution in [0.3, 0.4) is 0 Å². The van der Waals surface area contributed by atoms with Crippen LogP contribution in [0.1, 0.15) is 39.9 Å². The standard InChI is InChI=1S/C24H26N8.C24H41N5O6/c1-4-16-10-19(11-27-23(16)26-2)21-20-22(25)28-14-29-24(20)32(30-21)12-15-5-6-18-13-31(3)8-7-17(18)9-15;30-9-1-10-31-12-14-33-16-18-35-19-17-34-15-13-32-11-8-28-4-6-29(7-5-28)24-26-21-22-20-25-3-2-23(22)27-24/h4-6,9-11,14H,1,7-8,12-13H2,2-3H3,(H,26,27)(H2,25,28,29);9,21,25H,1-8,10-20H2. The van der Waals surface area contributed by atoms with Crippen LogP contribution in [-0.2, 0) is 61.0 Å². The molecule has 19 heteroatoms. The Bertz CT molecular complexity index is 2340. The first kappa shape index (κ1) is 49.4. The van der Waals surface area contributed by atoms with Gasteiger partial charge < -0.3 is 54.6 Å². The van der Waals surface area contributed by atoms with Crippen LogP contribution < -0.4 is 21.3 Å². The highest BCUT2D eigenvalue weighted by atomic mass is 16.6. The van der Waals surface area contributed by atoms with Crippen LogP contribution in [0.4, 0.5) is 17.6 Å². The van der Waals surface area contributed by atoms with Crippen molar-refractivity contribution in [2.24, 2.45) is 0 Å². The first-order valence-electron chi connectivity index (χ1n) is 23.4. The number of nitrogen functional groups attached to an aromatic ring is 1. The molecule has 19 nitrogen and oxygen atoms in total. The minimum absolute atomic E-state index is 0.405. The normalized spacial score (nSPS) is 15.2. The second kappa shape index (κ2) is 26.1. The number of aldehydes is 1. The Labute approximate surface area is 393 Å². The number of likely N-dealkylation sites (N-methyl/N-ethyl adjacent to an activating group) is 1. The zero-order chi connectivity index (χ0) is 46.6. The van der Waals surface area contributed by atoms with Gasteiger partial charge in [-0.3, -0.25) is 4.90 Å². The van der Waals surface area contributed by atoms with E-state index in [1.807, 2.05) is 24.0 Å². The lowest BCUT2D eigenvalue weighted by Gasteiger charge is -2.35. The zero-order valence-corrected chi connectivity index (χ0v) is 39.2. The van der Waals surface area contributed by atoms with Gasteiger partial charge in [-0.15, -0.1) is 0 Å². The third kappa shape index (κ3) is 14.3. The van der Waals surface area contributed by atoms with Gasteiger partial charge in [-0.2, -0.15) is 5.10 Å². The summed E-state index contributed by atoms with van der Waals surface area (Å²) in [6.07, 6.45) is 10.3. The molecule has 0 atom stereocenters. The minimum atomic E-state index is 0.405. The second-order valence-electron chi connectivity index (χ2n) is 16.6. The molecule has 1 fully saturated rings. The second-order valence-corrected chi connectivity index (χ2v) is 16.6. The van der Waals surface area contributed by atoms with E-state index in [9.17, 15) is 4.79 Å². The van der Waals surface area contributed by atoms with Crippen LogP contribution in [0.25, 0.3) is 28.4 Å². The largest absolute Gasteiger partial charge is 0.383 e. The lowest BCUT2D eigenvalue weighted by Crippen LogP contribution is -2.48. The molecule has 0 unspecified atom stereocenters. The van der Waals surface area contributed by atoms with Gasteiger partial charge in [0.2, 0.25) is 5.95 Å². The summed E-state index contributed by atoms with van der Waals surface area (Å²) in [5, 5.41) is 12.1. The number of piperazine rings is 1. The molecular formula is C48H67N13O6. The molecule has 0 radical (unpaired) electrons. The quantitative estimate of drug-likeness (QED) is 0.0601. The SMILES string of the molecule is C=Cc1cc(-c2nn(Cc3ccc4c(c3)CCN(C)C4)c3ncnc(N)c23)cnc1NC.O=CCCOCCOCCOCCOCCOCCN1CCN(c2ncc3c(n2)CCNC3)CC1. The highest BCUT2D eigenvalue weighted by Crippen LogP contribution is 2.32. The molecule has 0 saturated carbocycles. The number of nitrogens with two attached hydrogens (primary N) is 1. The van der Waals surface area contributed by atoms with Crippen LogP contribution in [0, 0.1) is 0 Å². The molecule has 8 rings (SSSR count). The molecule has 0 bridgehead atoms. The third-order valence-electron chi connectivity index (χ3n) is 11.9. The van der Waals surface area contributed by atoms with Crippen molar-refractivity contribution in [1.29, 1.82) is 0 Å². The molecule has 0 aliphatic carbocycles. The summed E-state index contributed by atoms with van der Waals surface area (Å²) < 4.78 is 29.2. The number of hydrogen-bond donors (Lipinski definition) is 3. The van der Waals surface area contributed by atoms with Crippen molar-refractivity contribution in [3.8, 4) is 11.3 Å². The van der Waals surface area contributed by atoms with E-state index in [1.54, 1.807) is 12.3 Å². The van der Waals surface area contributed by atoms with Crippen LogP contribution in [0.15, 0.2) is 49.6 Å². The van der Waals surface area contributed by atoms with Gasteiger partial charge >= 0.3 is 0 Å². The van der Waals surface area contributed by atoms with Gasteiger partial charge in [-0.05, 0) is 36.2 Å². The predicted octanol–water partition coefficient (Wildman–Crippen LogP) is 3.11. The average Bonchev–Trinajstić information content (AvgIpc) is 3.73. The fraction of sp³-hybridized carbons (Fsp3) is 0.521. The van der Waals surface area contributed by atoms with E-state index in [0.29, 0.717) is 90.5 Å². The van der Waals surface area contributed by atoms with E-state index < -0.39 is 0 Å². The number of hydrogen-bond acceptors (Lipinski definition) is 18. The number of anilines is 3. The summed E-state index contributed by atoms with van der Waals surface area (Å²) in [5.74, 6) is 2.03. The summed E-state index contributed by atoms with van der Waals surface area (Å²) in [4.78, 5) is 39.8. The van der Waals surface area contributed by atoms with Crippen molar-refractivity contribution in [1.82, 2.24) is 49.8 Å². The highest BCUT2D eigenvalue weighted by molar-refractivity contribution is 5.98. The number of benzene rings is 1. The lowest BCUT2D eigenvalue weighted by molar-refractivity contribution is -0.109. The van der Waals surface area contributed by atoms with Gasteiger partial charge in [0.15, 0.2) is 5.65 Å². The minimum Gasteiger partial charge on any atom is -0.383 e. The van der Waals surface area contributed by atoms with Crippen LogP contribution in [-0.4, -0.2) is 177 Å². The molecule has 1 aromatic carbocycles.